The highest BCUT2D eigenvalue weighted by atomic mass is 35.5. The van der Waals surface area contributed by atoms with Crippen LogP contribution in [-0.4, -0.2) is 34.2 Å². The van der Waals surface area contributed by atoms with Crippen LogP contribution in [0.3, 0.4) is 0 Å². The van der Waals surface area contributed by atoms with Gasteiger partial charge in [-0.2, -0.15) is 0 Å². The topological polar surface area (TPSA) is 41.6 Å². The van der Waals surface area contributed by atoms with E-state index in [-0.39, 0.29) is 12.0 Å². The maximum absolute atomic E-state index is 12.3. The molecule has 1 N–H and O–H groups in total. The summed E-state index contributed by atoms with van der Waals surface area (Å²) in [4.78, 5) is 14.2. The summed E-state index contributed by atoms with van der Waals surface area (Å²) in [7, 11) is 0. The van der Waals surface area contributed by atoms with Gasteiger partial charge in [0.15, 0.2) is 5.11 Å². The molecule has 1 aromatic rings. The predicted molar refractivity (Wildman–Crippen MR) is 93.2 cm³/mol. The summed E-state index contributed by atoms with van der Waals surface area (Å²) in [5.74, 6) is -0.217. The number of anilines is 1. The van der Waals surface area contributed by atoms with E-state index in [1.807, 2.05) is 37.8 Å². The molecule has 0 aromatic heterocycles. The number of carbonyl (C=O) groups excluding carboxylic acids is 1. The number of nitrogens with zero attached hydrogens (tertiary/aromatic N) is 1. The summed E-state index contributed by atoms with van der Waals surface area (Å²) in [5.41, 5.74) is 0.362. The summed E-state index contributed by atoms with van der Waals surface area (Å²) < 4.78 is 5.48. The molecule has 22 heavy (non-hydrogen) atoms. The molecular weight excluding hydrogens is 320 g/mol. The minimum atomic E-state index is -0.490. The summed E-state index contributed by atoms with van der Waals surface area (Å²) in [6.45, 7) is 6.36. The minimum Gasteiger partial charge on any atom is -0.458 e. The van der Waals surface area contributed by atoms with Crippen molar-refractivity contribution in [2.75, 3.05) is 11.9 Å². The average Bonchev–Trinajstić information content (AvgIpc) is 2.89. The molecule has 1 aromatic carbocycles. The van der Waals surface area contributed by atoms with Crippen LogP contribution in [-0.2, 0) is 9.53 Å². The first kappa shape index (κ1) is 17.0. The number of carbonyl (C=O) groups is 1. The molecule has 0 bridgehead atoms. The second kappa shape index (κ2) is 6.84. The Balaban J connectivity index is 2.01. The number of hydrogen-bond acceptors (Lipinski definition) is 3. The molecule has 2 rings (SSSR count). The highest BCUT2D eigenvalue weighted by molar-refractivity contribution is 7.80. The van der Waals surface area contributed by atoms with Gasteiger partial charge < -0.3 is 15.0 Å². The quantitative estimate of drug-likeness (QED) is 0.654. The SMILES string of the molecule is CC(C)(C)OC(=O)C1CCCN1C(=S)Nc1ccc(Cl)cc1. The van der Waals surface area contributed by atoms with Crippen molar-refractivity contribution < 1.29 is 9.53 Å². The number of hydrogen-bond donors (Lipinski definition) is 1. The molecule has 120 valence electrons. The Morgan fingerprint density at radius 1 is 1.36 bits per heavy atom. The molecule has 1 fully saturated rings. The van der Waals surface area contributed by atoms with Crippen molar-refractivity contribution in [1.82, 2.24) is 4.90 Å². The Morgan fingerprint density at radius 3 is 2.59 bits per heavy atom. The van der Waals surface area contributed by atoms with Crippen molar-refractivity contribution in [2.45, 2.75) is 45.3 Å². The predicted octanol–water partition coefficient (Wildman–Crippen LogP) is 3.84. The fraction of sp³-hybridized carbons (Fsp3) is 0.500. The number of nitrogens with one attached hydrogen (secondary N) is 1. The monoisotopic (exact) mass is 340 g/mol. The molecule has 1 saturated heterocycles. The number of rotatable bonds is 2. The third kappa shape index (κ3) is 4.58. The van der Waals surface area contributed by atoms with Crippen LogP contribution in [0.1, 0.15) is 33.6 Å². The summed E-state index contributed by atoms with van der Waals surface area (Å²) in [5, 5.41) is 4.36. The molecule has 0 amide bonds. The first-order valence-electron chi connectivity index (χ1n) is 7.32. The van der Waals surface area contributed by atoms with Gasteiger partial charge in [-0.3, -0.25) is 0 Å². The van der Waals surface area contributed by atoms with E-state index in [0.717, 1.165) is 25.1 Å². The zero-order chi connectivity index (χ0) is 16.3. The number of likely N-dealkylation sites (tertiary alicyclic amines) is 1. The van der Waals surface area contributed by atoms with Gasteiger partial charge in [0.1, 0.15) is 11.6 Å². The van der Waals surface area contributed by atoms with E-state index in [4.69, 9.17) is 28.6 Å². The summed E-state index contributed by atoms with van der Waals surface area (Å²) in [6.07, 6.45) is 1.68. The van der Waals surface area contributed by atoms with Gasteiger partial charge >= 0.3 is 5.97 Å². The summed E-state index contributed by atoms with van der Waals surface area (Å²) >= 11 is 11.3. The van der Waals surface area contributed by atoms with Crippen LogP contribution in [0.25, 0.3) is 0 Å². The molecule has 1 aliphatic heterocycles. The van der Waals surface area contributed by atoms with Crippen LogP contribution in [0, 0.1) is 0 Å². The molecule has 0 radical (unpaired) electrons. The van der Waals surface area contributed by atoms with Crippen LogP contribution in [0.15, 0.2) is 24.3 Å². The fourth-order valence-electron chi connectivity index (χ4n) is 2.35. The maximum atomic E-state index is 12.3. The Morgan fingerprint density at radius 2 is 2.00 bits per heavy atom. The standard InChI is InChI=1S/C16H21ClN2O2S/c1-16(2,3)21-14(20)13-5-4-10-19(13)15(22)18-12-8-6-11(17)7-9-12/h6-9,13H,4-5,10H2,1-3H3,(H,18,22). The third-order valence-corrected chi connectivity index (χ3v) is 3.88. The first-order valence-corrected chi connectivity index (χ1v) is 8.11. The highest BCUT2D eigenvalue weighted by Gasteiger charge is 2.35. The largest absolute Gasteiger partial charge is 0.458 e. The number of thiocarbonyl (C=S) groups is 1. The van der Waals surface area contributed by atoms with Gasteiger partial charge in [-0.05, 0) is 70.1 Å². The molecule has 6 heteroatoms. The number of esters is 1. The van der Waals surface area contributed by atoms with E-state index in [9.17, 15) is 4.79 Å². The van der Waals surface area contributed by atoms with Crippen LogP contribution < -0.4 is 5.32 Å². The molecule has 0 spiro atoms. The van der Waals surface area contributed by atoms with E-state index in [0.29, 0.717) is 10.1 Å². The van der Waals surface area contributed by atoms with Crippen LogP contribution in [0.4, 0.5) is 5.69 Å². The van der Waals surface area contributed by atoms with E-state index >= 15 is 0 Å². The molecule has 1 aliphatic rings. The number of benzene rings is 1. The minimum absolute atomic E-state index is 0.217. The molecule has 1 unspecified atom stereocenters. The zero-order valence-electron chi connectivity index (χ0n) is 13.1. The van der Waals surface area contributed by atoms with Gasteiger partial charge in [0, 0.05) is 17.3 Å². The van der Waals surface area contributed by atoms with E-state index in [1.165, 1.54) is 0 Å². The van der Waals surface area contributed by atoms with Gasteiger partial charge in [-0.1, -0.05) is 11.6 Å². The summed E-state index contributed by atoms with van der Waals surface area (Å²) in [6, 6.07) is 6.98. The molecule has 4 nitrogen and oxygen atoms in total. The average molecular weight is 341 g/mol. The number of halogens is 1. The zero-order valence-corrected chi connectivity index (χ0v) is 14.6. The van der Waals surface area contributed by atoms with Gasteiger partial charge in [-0.15, -0.1) is 0 Å². The number of ether oxygens (including phenoxy) is 1. The lowest BCUT2D eigenvalue weighted by atomic mass is 10.1. The smallest absolute Gasteiger partial charge is 0.329 e. The van der Waals surface area contributed by atoms with Crippen LogP contribution in [0.5, 0.6) is 0 Å². The Hall–Kier alpha value is -1.33. The van der Waals surface area contributed by atoms with E-state index in [2.05, 4.69) is 5.32 Å². The van der Waals surface area contributed by atoms with Gasteiger partial charge in [-0.25, -0.2) is 4.79 Å². The van der Waals surface area contributed by atoms with Crippen molar-refractivity contribution in [3.05, 3.63) is 29.3 Å². The van der Waals surface area contributed by atoms with Gasteiger partial charge in [0.25, 0.3) is 0 Å². The third-order valence-electron chi connectivity index (χ3n) is 3.29. The molecule has 0 aliphatic carbocycles. The van der Waals surface area contributed by atoms with Gasteiger partial charge in [0.2, 0.25) is 0 Å². The lowest BCUT2D eigenvalue weighted by Gasteiger charge is -2.29. The van der Waals surface area contributed by atoms with Crippen molar-refractivity contribution in [2.24, 2.45) is 0 Å². The lowest BCUT2D eigenvalue weighted by Crippen LogP contribution is -2.45. The molecule has 1 atom stereocenters. The normalized spacial score (nSPS) is 18.2. The molecule has 1 heterocycles. The highest BCUT2D eigenvalue weighted by Crippen LogP contribution is 2.23. The fourth-order valence-corrected chi connectivity index (χ4v) is 2.82. The van der Waals surface area contributed by atoms with Crippen molar-refractivity contribution in [3.8, 4) is 0 Å². The van der Waals surface area contributed by atoms with Crippen molar-refractivity contribution in [3.63, 3.8) is 0 Å². The van der Waals surface area contributed by atoms with Crippen LogP contribution in [0.2, 0.25) is 5.02 Å². The van der Waals surface area contributed by atoms with E-state index in [1.54, 1.807) is 12.1 Å². The van der Waals surface area contributed by atoms with Gasteiger partial charge in [0.05, 0.1) is 0 Å². The van der Waals surface area contributed by atoms with E-state index < -0.39 is 5.60 Å². The Labute approximate surface area is 141 Å². The molecule has 0 saturated carbocycles. The lowest BCUT2D eigenvalue weighted by molar-refractivity contribution is -0.159. The molecular formula is C16H21ClN2O2S. The Kier molecular flexibility index (Phi) is 5.29. The second-order valence-electron chi connectivity index (χ2n) is 6.32. The van der Waals surface area contributed by atoms with Crippen molar-refractivity contribution >= 4 is 40.6 Å². The Bertz CT molecular complexity index is 554. The maximum Gasteiger partial charge on any atom is 0.329 e. The van der Waals surface area contributed by atoms with Crippen LogP contribution >= 0.6 is 23.8 Å². The van der Waals surface area contributed by atoms with Crippen molar-refractivity contribution in [1.29, 1.82) is 0 Å². The first-order chi connectivity index (χ1) is 10.3. The second-order valence-corrected chi connectivity index (χ2v) is 7.15.